The predicted octanol–water partition coefficient (Wildman–Crippen LogP) is 3.92. The van der Waals surface area contributed by atoms with Gasteiger partial charge < -0.3 is 10.7 Å². The molecule has 4 nitrogen and oxygen atoms in total. The standard InChI is InChI=1S/C13H9BrClF2N3O/c14-8-4-12(10(17)5-9(8)16)19-13(21)7-3-6(15)1-2-11(7)20-18/h1-5,20H,18H2,(H,19,21). The first-order valence-electron chi connectivity index (χ1n) is 5.64. The Kier molecular flexibility index (Phi) is 4.76. The van der Waals surface area contributed by atoms with Gasteiger partial charge in [-0.25, -0.2) is 8.78 Å². The van der Waals surface area contributed by atoms with E-state index in [0.717, 1.165) is 6.07 Å². The van der Waals surface area contributed by atoms with E-state index < -0.39 is 17.5 Å². The van der Waals surface area contributed by atoms with Crippen LogP contribution in [0.15, 0.2) is 34.8 Å². The number of rotatable bonds is 3. The summed E-state index contributed by atoms with van der Waals surface area (Å²) in [5, 5.41) is 2.65. The molecule has 4 N–H and O–H groups in total. The molecule has 0 aliphatic heterocycles. The van der Waals surface area contributed by atoms with Gasteiger partial charge in [-0.05, 0) is 40.2 Å². The van der Waals surface area contributed by atoms with E-state index in [1.807, 2.05) is 0 Å². The molecule has 0 fully saturated rings. The molecular formula is C13H9BrClF2N3O. The summed E-state index contributed by atoms with van der Waals surface area (Å²) in [7, 11) is 0. The van der Waals surface area contributed by atoms with Crippen LogP contribution in [0.2, 0.25) is 5.02 Å². The van der Waals surface area contributed by atoms with E-state index in [0.29, 0.717) is 16.8 Å². The highest BCUT2D eigenvalue weighted by atomic mass is 79.9. The monoisotopic (exact) mass is 375 g/mol. The minimum absolute atomic E-state index is 0.0301. The van der Waals surface area contributed by atoms with Gasteiger partial charge >= 0.3 is 0 Å². The molecule has 2 aromatic rings. The molecule has 0 saturated carbocycles. The zero-order chi connectivity index (χ0) is 15.6. The molecule has 0 aliphatic carbocycles. The summed E-state index contributed by atoms with van der Waals surface area (Å²) in [6.45, 7) is 0. The molecular weight excluding hydrogens is 368 g/mol. The van der Waals surface area contributed by atoms with E-state index in [9.17, 15) is 13.6 Å². The molecule has 0 saturated heterocycles. The van der Waals surface area contributed by atoms with Gasteiger partial charge in [0, 0.05) is 11.1 Å². The second-order valence-corrected chi connectivity index (χ2v) is 5.33. The highest BCUT2D eigenvalue weighted by Crippen LogP contribution is 2.26. The molecule has 0 spiro atoms. The minimum atomic E-state index is -0.895. The van der Waals surface area contributed by atoms with Crippen LogP contribution in [0.25, 0.3) is 0 Å². The Hall–Kier alpha value is -1.70. The third-order valence-corrected chi connectivity index (χ3v) is 3.48. The number of nitrogen functional groups attached to an aromatic ring is 1. The van der Waals surface area contributed by atoms with Crippen LogP contribution in [0.4, 0.5) is 20.2 Å². The molecule has 0 aromatic heterocycles. The van der Waals surface area contributed by atoms with Crippen LogP contribution in [0, 0.1) is 11.6 Å². The number of carbonyl (C=O) groups excluding carboxylic acids is 1. The summed E-state index contributed by atoms with van der Waals surface area (Å²) in [5.41, 5.74) is 2.62. The third kappa shape index (κ3) is 3.49. The predicted molar refractivity (Wildman–Crippen MR) is 81.3 cm³/mol. The van der Waals surface area contributed by atoms with E-state index in [1.54, 1.807) is 6.07 Å². The van der Waals surface area contributed by atoms with E-state index >= 15 is 0 Å². The normalized spacial score (nSPS) is 10.3. The molecule has 2 aromatic carbocycles. The maximum Gasteiger partial charge on any atom is 0.257 e. The molecule has 1 amide bonds. The number of nitrogens with two attached hydrogens (primary N) is 1. The van der Waals surface area contributed by atoms with Gasteiger partial charge in [0.15, 0.2) is 0 Å². The Balaban J connectivity index is 2.34. The average molecular weight is 377 g/mol. The van der Waals surface area contributed by atoms with Crippen LogP contribution < -0.4 is 16.6 Å². The second-order valence-electron chi connectivity index (χ2n) is 4.03. The van der Waals surface area contributed by atoms with Gasteiger partial charge in [-0.1, -0.05) is 11.6 Å². The first-order chi connectivity index (χ1) is 9.92. The summed E-state index contributed by atoms with van der Waals surface area (Å²) in [6.07, 6.45) is 0. The zero-order valence-corrected chi connectivity index (χ0v) is 12.7. The number of anilines is 2. The first-order valence-corrected chi connectivity index (χ1v) is 6.81. The van der Waals surface area contributed by atoms with E-state index in [4.69, 9.17) is 17.4 Å². The molecule has 2 rings (SSSR count). The van der Waals surface area contributed by atoms with Crippen LogP contribution in [-0.2, 0) is 0 Å². The Labute approximate surface area is 132 Å². The lowest BCUT2D eigenvalue weighted by atomic mass is 10.1. The van der Waals surface area contributed by atoms with E-state index in [1.165, 1.54) is 12.1 Å². The Morgan fingerprint density at radius 3 is 2.52 bits per heavy atom. The second kappa shape index (κ2) is 6.38. The molecule has 0 radical (unpaired) electrons. The quantitative estimate of drug-likeness (QED) is 0.432. The average Bonchev–Trinajstić information content (AvgIpc) is 2.44. The minimum Gasteiger partial charge on any atom is -0.323 e. The lowest BCUT2D eigenvalue weighted by Gasteiger charge is -2.11. The summed E-state index contributed by atoms with van der Waals surface area (Å²) >= 11 is 8.74. The van der Waals surface area contributed by atoms with Crippen LogP contribution in [-0.4, -0.2) is 5.91 Å². The summed E-state index contributed by atoms with van der Waals surface area (Å²) in [4.78, 5) is 12.2. The van der Waals surface area contributed by atoms with E-state index in [-0.39, 0.29) is 15.7 Å². The first kappa shape index (κ1) is 15.7. The van der Waals surface area contributed by atoms with Gasteiger partial charge in [-0.15, -0.1) is 0 Å². The van der Waals surface area contributed by atoms with E-state index in [2.05, 4.69) is 26.7 Å². The van der Waals surface area contributed by atoms with Crippen molar-refractivity contribution in [1.29, 1.82) is 0 Å². The van der Waals surface area contributed by atoms with Crippen molar-refractivity contribution in [2.75, 3.05) is 10.7 Å². The van der Waals surface area contributed by atoms with Crippen LogP contribution in [0.5, 0.6) is 0 Å². The molecule has 8 heteroatoms. The largest absolute Gasteiger partial charge is 0.323 e. The number of nitrogens with one attached hydrogen (secondary N) is 2. The number of carbonyl (C=O) groups is 1. The van der Waals surface area contributed by atoms with Crippen molar-refractivity contribution in [3.05, 3.63) is 57.0 Å². The molecule has 110 valence electrons. The van der Waals surface area contributed by atoms with Crippen LogP contribution in [0.1, 0.15) is 10.4 Å². The summed E-state index contributed by atoms with van der Waals surface area (Å²) in [6, 6.07) is 6.22. The van der Waals surface area contributed by atoms with Gasteiger partial charge in [0.05, 0.1) is 21.4 Å². The number of amides is 1. The number of hydrazine groups is 1. The zero-order valence-electron chi connectivity index (χ0n) is 10.4. The number of halogens is 4. The van der Waals surface area contributed by atoms with Crippen molar-refractivity contribution >= 4 is 44.8 Å². The molecule has 0 unspecified atom stereocenters. The fourth-order valence-corrected chi connectivity index (χ4v) is 2.15. The highest BCUT2D eigenvalue weighted by molar-refractivity contribution is 9.10. The number of benzene rings is 2. The fraction of sp³-hybridized carbons (Fsp3) is 0. The van der Waals surface area contributed by atoms with Crippen molar-refractivity contribution < 1.29 is 13.6 Å². The Bertz CT molecular complexity index is 712. The van der Waals surface area contributed by atoms with Gasteiger partial charge in [0.25, 0.3) is 5.91 Å². The fourth-order valence-electron chi connectivity index (χ4n) is 1.64. The van der Waals surface area contributed by atoms with Gasteiger partial charge in [0.1, 0.15) is 11.6 Å². The highest BCUT2D eigenvalue weighted by Gasteiger charge is 2.15. The molecule has 21 heavy (non-hydrogen) atoms. The molecule has 0 atom stereocenters. The SMILES string of the molecule is NNc1ccc(Cl)cc1C(=O)Nc1cc(Br)c(F)cc1F. The molecule has 0 heterocycles. The Morgan fingerprint density at radius 1 is 1.14 bits per heavy atom. The maximum atomic E-state index is 13.6. The number of hydrogen-bond donors (Lipinski definition) is 3. The molecule has 0 aliphatic rings. The lowest BCUT2D eigenvalue weighted by molar-refractivity contribution is 0.102. The van der Waals surface area contributed by atoms with Crippen molar-refractivity contribution in [3.8, 4) is 0 Å². The van der Waals surface area contributed by atoms with Crippen molar-refractivity contribution in [2.45, 2.75) is 0 Å². The summed E-state index contributed by atoms with van der Waals surface area (Å²) in [5.74, 6) is 3.00. The van der Waals surface area contributed by atoms with Crippen LogP contribution in [0.3, 0.4) is 0 Å². The summed E-state index contributed by atoms with van der Waals surface area (Å²) < 4.78 is 26.8. The lowest BCUT2D eigenvalue weighted by Crippen LogP contribution is -2.18. The third-order valence-electron chi connectivity index (χ3n) is 2.64. The van der Waals surface area contributed by atoms with Gasteiger partial charge in [-0.3, -0.25) is 10.6 Å². The smallest absolute Gasteiger partial charge is 0.257 e. The maximum absolute atomic E-state index is 13.6. The number of hydrogen-bond acceptors (Lipinski definition) is 3. The van der Waals surface area contributed by atoms with Gasteiger partial charge in [0.2, 0.25) is 0 Å². The van der Waals surface area contributed by atoms with Gasteiger partial charge in [-0.2, -0.15) is 0 Å². The topological polar surface area (TPSA) is 67.1 Å². The Morgan fingerprint density at radius 2 is 1.86 bits per heavy atom. The van der Waals surface area contributed by atoms with Crippen LogP contribution >= 0.6 is 27.5 Å². The van der Waals surface area contributed by atoms with Crippen molar-refractivity contribution in [3.63, 3.8) is 0 Å². The van der Waals surface area contributed by atoms with Crippen molar-refractivity contribution in [1.82, 2.24) is 0 Å². The van der Waals surface area contributed by atoms with Crippen molar-refractivity contribution in [2.24, 2.45) is 5.84 Å². The molecule has 0 bridgehead atoms.